The molecule has 1 saturated carbocycles. The van der Waals surface area contributed by atoms with Crippen LogP contribution >= 0.6 is 12.2 Å². The summed E-state index contributed by atoms with van der Waals surface area (Å²) in [6.07, 6.45) is 1.35. The van der Waals surface area contributed by atoms with Gasteiger partial charge in [0.15, 0.2) is 5.11 Å². The molecule has 3 heteroatoms. The molecule has 1 aromatic rings. The molecule has 1 aliphatic rings. The lowest BCUT2D eigenvalue weighted by Crippen LogP contribution is -2.32. The van der Waals surface area contributed by atoms with Gasteiger partial charge in [0.25, 0.3) is 0 Å². The van der Waals surface area contributed by atoms with Gasteiger partial charge < -0.3 is 10.2 Å². The Bertz CT molecular complexity index is 363. The van der Waals surface area contributed by atoms with Crippen LogP contribution < -0.4 is 5.32 Å². The third-order valence-electron chi connectivity index (χ3n) is 3.16. The first-order valence-electron chi connectivity index (χ1n) is 5.74. The molecule has 1 fully saturated rings. The lowest BCUT2D eigenvalue weighted by Gasteiger charge is -2.21. The molecule has 1 aliphatic carbocycles. The van der Waals surface area contributed by atoms with E-state index in [2.05, 4.69) is 24.2 Å². The van der Waals surface area contributed by atoms with Crippen molar-refractivity contribution in [2.75, 3.05) is 18.9 Å². The first-order valence-corrected chi connectivity index (χ1v) is 6.15. The molecule has 0 saturated heterocycles. The van der Waals surface area contributed by atoms with Gasteiger partial charge in [-0.3, -0.25) is 0 Å². The Hall–Kier alpha value is -1.09. The maximum atomic E-state index is 5.36. The summed E-state index contributed by atoms with van der Waals surface area (Å²) < 4.78 is 0. The van der Waals surface area contributed by atoms with Gasteiger partial charge in [-0.15, -0.1) is 0 Å². The highest BCUT2D eigenvalue weighted by atomic mass is 32.1. The Morgan fingerprint density at radius 3 is 2.62 bits per heavy atom. The molecule has 86 valence electrons. The van der Waals surface area contributed by atoms with Crippen molar-refractivity contribution in [3.63, 3.8) is 0 Å². The van der Waals surface area contributed by atoms with Gasteiger partial charge in [-0.1, -0.05) is 25.1 Å². The third-order valence-corrected chi connectivity index (χ3v) is 3.57. The van der Waals surface area contributed by atoms with Crippen LogP contribution in [0, 0.1) is 11.8 Å². The number of hydrogen-bond donors (Lipinski definition) is 1. The number of hydrogen-bond acceptors (Lipinski definition) is 1. The minimum absolute atomic E-state index is 0.810. The Labute approximate surface area is 103 Å². The van der Waals surface area contributed by atoms with Gasteiger partial charge in [-0.05, 0) is 42.6 Å². The molecule has 2 nitrogen and oxygen atoms in total. The van der Waals surface area contributed by atoms with E-state index >= 15 is 0 Å². The monoisotopic (exact) mass is 234 g/mol. The molecule has 0 spiro atoms. The summed E-state index contributed by atoms with van der Waals surface area (Å²) in [4.78, 5) is 2.14. The van der Waals surface area contributed by atoms with Crippen molar-refractivity contribution in [2.24, 2.45) is 11.8 Å². The van der Waals surface area contributed by atoms with Gasteiger partial charge in [0.05, 0.1) is 0 Å². The van der Waals surface area contributed by atoms with Crippen LogP contribution in [0.2, 0.25) is 0 Å². The van der Waals surface area contributed by atoms with E-state index in [1.807, 2.05) is 30.3 Å². The van der Waals surface area contributed by atoms with Gasteiger partial charge >= 0.3 is 0 Å². The fourth-order valence-electron chi connectivity index (χ4n) is 1.83. The molecule has 0 aromatic heterocycles. The number of nitrogens with zero attached hydrogens (tertiary/aromatic N) is 1. The van der Waals surface area contributed by atoms with Crippen LogP contribution in [0.4, 0.5) is 5.69 Å². The van der Waals surface area contributed by atoms with Crippen molar-refractivity contribution in [1.82, 2.24) is 4.90 Å². The molecular weight excluding hydrogens is 216 g/mol. The molecule has 2 rings (SSSR count). The fraction of sp³-hybridized carbons (Fsp3) is 0.462. The quantitative estimate of drug-likeness (QED) is 0.809. The molecule has 0 radical (unpaired) electrons. The zero-order valence-corrected chi connectivity index (χ0v) is 10.6. The fourth-order valence-corrected chi connectivity index (χ4v) is 2.02. The average Bonchev–Trinajstić information content (AvgIpc) is 2.95. The Balaban J connectivity index is 1.83. The topological polar surface area (TPSA) is 15.3 Å². The van der Waals surface area contributed by atoms with Crippen molar-refractivity contribution in [3.8, 4) is 0 Å². The summed E-state index contributed by atoms with van der Waals surface area (Å²) in [6.45, 7) is 3.37. The van der Waals surface area contributed by atoms with Crippen molar-refractivity contribution in [2.45, 2.75) is 13.3 Å². The lowest BCUT2D eigenvalue weighted by molar-refractivity contribution is 0.468. The van der Waals surface area contributed by atoms with Gasteiger partial charge in [0, 0.05) is 19.3 Å². The molecule has 16 heavy (non-hydrogen) atoms. The number of nitrogens with one attached hydrogen (secondary N) is 1. The normalized spacial score (nSPS) is 22.6. The smallest absolute Gasteiger partial charge is 0.173 e. The third kappa shape index (κ3) is 2.95. The molecule has 2 unspecified atom stereocenters. The largest absolute Gasteiger partial charge is 0.352 e. The SMILES string of the molecule is CC1CC1CN(C)C(=S)Nc1ccccc1. The van der Waals surface area contributed by atoms with E-state index in [1.165, 1.54) is 6.42 Å². The van der Waals surface area contributed by atoms with Crippen molar-refractivity contribution in [1.29, 1.82) is 0 Å². The van der Waals surface area contributed by atoms with E-state index in [0.717, 1.165) is 29.2 Å². The average molecular weight is 234 g/mol. The number of thiocarbonyl (C=S) groups is 1. The van der Waals surface area contributed by atoms with Gasteiger partial charge in [-0.25, -0.2) is 0 Å². The van der Waals surface area contributed by atoms with Gasteiger partial charge in [0.2, 0.25) is 0 Å². The maximum absolute atomic E-state index is 5.36. The number of benzene rings is 1. The van der Waals surface area contributed by atoms with E-state index < -0.39 is 0 Å². The highest BCUT2D eigenvalue weighted by molar-refractivity contribution is 7.80. The summed E-state index contributed by atoms with van der Waals surface area (Å²) in [5.74, 6) is 1.71. The van der Waals surface area contributed by atoms with Crippen LogP contribution in [0.25, 0.3) is 0 Å². The first kappa shape index (κ1) is 11.4. The van der Waals surface area contributed by atoms with Crippen molar-refractivity contribution in [3.05, 3.63) is 30.3 Å². The summed E-state index contributed by atoms with van der Waals surface area (Å²) in [5, 5.41) is 4.06. The van der Waals surface area contributed by atoms with E-state index in [9.17, 15) is 0 Å². The molecule has 0 aliphatic heterocycles. The van der Waals surface area contributed by atoms with Crippen molar-refractivity contribution >= 4 is 23.0 Å². The van der Waals surface area contributed by atoms with E-state index in [4.69, 9.17) is 12.2 Å². The van der Waals surface area contributed by atoms with Crippen LogP contribution in [0.15, 0.2) is 30.3 Å². The second-order valence-electron chi connectivity index (χ2n) is 4.65. The summed E-state index contributed by atoms with van der Waals surface area (Å²) in [5.41, 5.74) is 1.06. The number of anilines is 1. The van der Waals surface area contributed by atoms with Crippen molar-refractivity contribution < 1.29 is 0 Å². The van der Waals surface area contributed by atoms with Crippen LogP contribution in [0.5, 0.6) is 0 Å². The zero-order chi connectivity index (χ0) is 11.5. The number of para-hydroxylation sites is 1. The van der Waals surface area contributed by atoms with E-state index in [1.54, 1.807) is 0 Å². The first-order chi connectivity index (χ1) is 7.66. The van der Waals surface area contributed by atoms with Gasteiger partial charge in [-0.2, -0.15) is 0 Å². The molecule has 2 atom stereocenters. The van der Waals surface area contributed by atoms with Gasteiger partial charge in [0.1, 0.15) is 0 Å². The predicted molar refractivity (Wildman–Crippen MR) is 72.6 cm³/mol. The van der Waals surface area contributed by atoms with Crippen LogP contribution in [0.3, 0.4) is 0 Å². The molecular formula is C13H18N2S. The lowest BCUT2D eigenvalue weighted by atomic mass is 10.3. The van der Waals surface area contributed by atoms with E-state index in [-0.39, 0.29) is 0 Å². The maximum Gasteiger partial charge on any atom is 0.173 e. The summed E-state index contributed by atoms with van der Waals surface area (Å²) >= 11 is 5.36. The minimum Gasteiger partial charge on any atom is -0.352 e. The Morgan fingerprint density at radius 2 is 2.06 bits per heavy atom. The molecule has 0 amide bonds. The predicted octanol–water partition coefficient (Wildman–Crippen LogP) is 2.97. The van der Waals surface area contributed by atoms with Crippen LogP contribution in [0.1, 0.15) is 13.3 Å². The summed E-state index contributed by atoms with van der Waals surface area (Å²) in [6, 6.07) is 10.1. The molecule has 1 aromatic carbocycles. The minimum atomic E-state index is 0.810. The molecule has 1 N–H and O–H groups in total. The van der Waals surface area contributed by atoms with Crippen LogP contribution in [-0.4, -0.2) is 23.6 Å². The second-order valence-corrected chi connectivity index (χ2v) is 5.04. The summed E-state index contributed by atoms with van der Waals surface area (Å²) in [7, 11) is 2.06. The molecule has 0 heterocycles. The van der Waals surface area contributed by atoms with Crippen LogP contribution in [-0.2, 0) is 0 Å². The molecule has 0 bridgehead atoms. The standard InChI is InChI=1S/C13H18N2S/c1-10-8-11(10)9-15(2)13(16)14-12-6-4-3-5-7-12/h3-7,10-11H,8-9H2,1-2H3,(H,14,16). The highest BCUT2D eigenvalue weighted by Gasteiger charge is 2.33. The second kappa shape index (κ2) is 4.83. The Morgan fingerprint density at radius 1 is 1.44 bits per heavy atom. The Kier molecular flexibility index (Phi) is 3.44. The van der Waals surface area contributed by atoms with E-state index in [0.29, 0.717) is 0 Å². The highest BCUT2D eigenvalue weighted by Crippen LogP contribution is 2.37. The zero-order valence-electron chi connectivity index (χ0n) is 9.81. The number of rotatable bonds is 3.